The number of carbonyl (C=O) groups excluding carboxylic acids is 1. The molecule has 7 rings (SSSR count). The van der Waals surface area contributed by atoms with E-state index in [0.29, 0.717) is 11.5 Å². The van der Waals surface area contributed by atoms with Gasteiger partial charge < -0.3 is 9.72 Å². The second kappa shape index (κ2) is 6.17. The Kier molecular flexibility index (Phi) is 3.60. The number of ether oxygens (including phenoxy) is 1. The Hall–Kier alpha value is -2.66. The summed E-state index contributed by atoms with van der Waals surface area (Å²) in [5.41, 5.74) is 3.61. The maximum absolute atomic E-state index is 12.9. The van der Waals surface area contributed by atoms with Crippen LogP contribution in [0.2, 0.25) is 0 Å². The topological polar surface area (TPSA) is 58.2 Å². The number of esters is 1. The van der Waals surface area contributed by atoms with Gasteiger partial charge in [-0.1, -0.05) is 6.07 Å². The third kappa shape index (κ3) is 2.65. The predicted molar refractivity (Wildman–Crippen MR) is 107 cm³/mol. The molecule has 1 aromatic carbocycles. The molecule has 4 fully saturated rings. The minimum absolute atomic E-state index is 0.0554. The normalized spacial score (nSPS) is 30.6. The average Bonchev–Trinajstić information content (AvgIpc) is 3.18. The quantitative estimate of drug-likeness (QED) is 0.703. The zero-order chi connectivity index (χ0) is 18.7. The van der Waals surface area contributed by atoms with Crippen molar-refractivity contribution in [2.24, 2.45) is 17.8 Å². The number of piperidine rings is 3. The van der Waals surface area contributed by atoms with Gasteiger partial charge in [-0.05, 0) is 66.3 Å². The molecule has 3 aliphatic heterocycles. The molecule has 0 amide bonds. The van der Waals surface area contributed by atoms with Gasteiger partial charge in [-0.2, -0.15) is 0 Å². The summed E-state index contributed by atoms with van der Waals surface area (Å²) < 4.78 is 6.00. The summed E-state index contributed by atoms with van der Waals surface area (Å²) in [5.74, 6) is 1.86. The van der Waals surface area contributed by atoms with Gasteiger partial charge in [-0.15, -0.1) is 0 Å². The fourth-order valence-electron chi connectivity index (χ4n) is 5.68. The van der Waals surface area contributed by atoms with Crippen molar-refractivity contribution in [2.45, 2.75) is 25.5 Å². The Labute approximate surface area is 163 Å². The highest BCUT2D eigenvalue weighted by Gasteiger charge is 2.48. The Bertz CT molecular complexity index is 1030. The molecule has 28 heavy (non-hydrogen) atoms. The average molecular weight is 373 g/mol. The fourth-order valence-corrected chi connectivity index (χ4v) is 5.68. The summed E-state index contributed by atoms with van der Waals surface area (Å²) in [6, 6.07) is 10.2. The molecule has 4 aliphatic rings. The van der Waals surface area contributed by atoms with Gasteiger partial charge in [0.2, 0.25) is 0 Å². The van der Waals surface area contributed by atoms with Crippen molar-refractivity contribution in [1.82, 2.24) is 14.9 Å². The maximum Gasteiger partial charge on any atom is 0.341 e. The van der Waals surface area contributed by atoms with E-state index in [1.165, 1.54) is 19.3 Å². The Morgan fingerprint density at radius 2 is 1.89 bits per heavy atom. The molecule has 0 spiro atoms. The standard InChI is InChI=1S/C23H23N3O2/c27-23(28-22-18-6-14-5-15(7-18)13-26(22)12-14)20-9-19(10-24-11-20)16-1-2-21-17(8-16)3-4-25-21/h1-4,8-11,14-15,18,22,25H,5-7,12-13H2/t14-,15-,22-/m1/s1. The van der Waals surface area contributed by atoms with E-state index in [9.17, 15) is 4.79 Å². The number of aromatic nitrogens is 2. The van der Waals surface area contributed by atoms with Crippen molar-refractivity contribution < 1.29 is 9.53 Å². The molecule has 1 N–H and O–H groups in total. The van der Waals surface area contributed by atoms with Crippen molar-refractivity contribution >= 4 is 16.9 Å². The lowest BCUT2D eigenvalue weighted by molar-refractivity contribution is -0.159. The molecule has 5 heterocycles. The molecule has 3 saturated heterocycles. The van der Waals surface area contributed by atoms with Crippen molar-refractivity contribution in [2.75, 3.05) is 13.1 Å². The van der Waals surface area contributed by atoms with Crippen LogP contribution >= 0.6 is 0 Å². The second-order valence-electron chi connectivity index (χ2n) is 8.69. The van der Waals surface area contributed by atoms with Crippen molar-refractivity contribution in [1.29, 1.82) is 0 Å². The van der Waals surface area contributed by atoms with Crippen LogP contribution in [0, 0.1) is 17.8 Å². The molecule has 142 valence electrons. The summed E-state index contributed by atoms with van der Waals surface area (Å²) >= 11 is 0. The minimum atomic E-state index is -0.255. The monoisotopic (exact) mass is 373 g/mol. The van der Waals surface area contributed by atoms with E-state index in [0.717, 1.165) is 47.0 Å². The van der Waals surface area contributed by atoms with E-state index in [4.69, 9.17) is 4.74 Å². The van der Waals surface area contributed by atoms with E-state index < -0.39 is 0 Å². The van der Waals surface area contributed by atoms with Gasteiger partial charge in [0, 0.05) is 48.7 Å². The van der Waals surface area contributed by atoms with Crippen molar-refractivity contribution in [3.63, 3.8) is 0 Å². The lowest BCUT2D eigenvalue weighted by atomic mass is 9.67. The smallest absolute Gasteiger partial charge is 0.341 e. The van der Waals surface area contributed by atoms with Gasteiger partial charge in [0.25, 0.3) is 0 Å². The van der Waals surface area contributed by atoms with Crippen LogP contribution in [-0.4, -0.2) is 40.2 Å². The lowest BCUT2D eigenvalue weighted by Gasteiger charge is -2.55. The van der Waals surface area contributed by atoms with Crippen LogP contribution in [0.5, 0.6) is 0 Å². The van der Waals surface area contributed by atoms with Gasteiger partial charge in [0.15, 0.2) is 6.23 Å². The number of rotatable bonds is 3. The van der Waals surface area contributed by atoms with Crippen molar-refractivity contribution in [3.8, 4) is 11.1 Å². The Balaban J connectivity index is 1.25. The number of aromatic amines is 1. The van der Waals surface area contributed by atoms with E-state index in [2.05, 4.69) is 33.1 Å². The highest BCUT2D eigenvalue weighted by molar-refractivity contribution is 5.91. The summed E-state index contributed by atoms with van der Waals surface area (Å²) in [5, 5.41) is 1.15. The molecule has 2 aromatic heterocycles. The highest BCUT2D eigenvalue weighted by Crippen LogP contribution is 2.46. The number of hydrogen-bond acceptors (Lipinski definition) is 4. The largest absolute Gasteiger partial charge is 0.442 e. The molecule has 0 unspecified atom stereocenters. The summed E-state index contributed by atoms with van der Waals surface area (Å²) in [7, 11) is 0. The van der Waals surface area contributed by atoms with Crippen LogP contribution in [0.15, 0.2) is 48.9 Å². The molecule has 4 bridgehead atoms. The number of hydrogen-bond donors (Lipinski definition) is 1. The Morgan fingerprint density at radius 3 is 2.71 bits per heavy atom. The summed E-state index contributed by atoms with van der Waals surface area (Å²) in [6.07, 6.45) is 9.08. The first-order valence-electron chi connectivity index (χ1n) is 10.2. The second-order valence-corrected chi connectivity index (χ2v) is 8.69. The predicted octanol–water partition coefficient (Wildman–Crippen LogP) is 4.07. The fraction of sp³-hybridized carbons (Fsp3) is 0.391. The van der Waals surface area contributed by atoms with Gasteiger partial charge >= 0.3 is 5.97 Å². The third-order valence-corrected chi connectivity index (χ3v) is 6.78. The zero-order valence-electron chi connectivity index (χ0n) is 15.7. The Morgan fingerprint density at radius 1 is 1.04 bits per heavy atom. The van der Waals surface area contributed by atoms with E-state index >= 15 is 0 Å². The molecule has 1 saturated carbocycles. The summed E-state index contributed by atoms with van der Waals surface area (Å²) in [6.45, 7) is 2.17. The molecule has 5 nitrogen and oxygen atoms in total. The summed E-state index contributed by atoms with van der Waals surface area (Å²) in [4.78, 5) is 22.8. The molecular formula is C23H23N3O2. The number of pyridine rings is 1. The van der Waals surface area contributed by atoms with Crippen LogP contribution in [0.3, 0.4) is 0 Å². The van der Waals surface area contributed by atoms with Gasteiger partial charge in [-0.3, -0.25) is 9.88 Å². The van der Waals surface area contributed by atoms with E-state index in [-0.39, 0.29) is 12.2 Å². The SMILES string of the molecule is O=C(O[C@@H]1C2C[C@H]3C[C@H](C2)CN1C3)c1cncc(-c2ccc3[nH]ccc3c2)c1. The van der Waals surface area contributed by atoms with Gasteiger partial charge in [0.1, 0.15) is 0 Å². The van der Waals surface area contributed by atoms with Crippen LogP contribution in [-0.2, 0) is 4.74 Å². The van der Waals surface area contributed by atoms with Crippen LogP contribution in [0.25, 0.3) is 22.0 Å². The molecule has 3 atom stereocenters. The molecule has 3 aromatic rings. The minimum Gasteiger partial charge on any atom is -0.442 e. The van der Waals surface area contributed by atoms with Gasteiger partial charge in [0.05, 0.1) is 5.56 Å². The maximum atomic E-state index is 12.9. The number of nitrogens with zero attached hydrogens (tertiary/aromatic N) is 2. The molecule has 5 heteroatoms. The van der Waals surface area contributed by atoms with Crippen LogP contribution < -0.4 is 0 Å². The number of nitrogens with one attached hydrogen (secondary N) is 1. The number of fused-ring (bicyclic) bond motifs is 1. The molecule has 0 radical (unpaired) electrons. The van der Waals surface area contributed by atoms with E-state index in [1.807, 2.05) is 18.3 Å². The first-order chi connectivity index (χ1) is 13.7. The first kappa shape index (κ1) is 16.3. The van der Waals surface area contributed by atoms with Crippen molar-refractivity contribution in [3.05, 3.63) is 54.5 Å². The third-order valence-electron chi connectivity index (χ3n) is 6.78. The highest BCUT2D eigenvalue weighted by atomic mass is 16.6. The first-order valence-corrected chi connectivity index (χ1v) is 10.2. The molecular weight excluding hydrogens is 350 g/mol. The van der Waals surface area contributed by atoms with Gasteiger partial charge in [-0.25, -0.2) is 4.79 Å². The lowest BCUT2D eigenvalue weighted by Crippen LogP contribution is -2.60. The van der Waals surface area contributed by atoms with E-state index in [1.54, 1.807) is 12.4 Å². The van der Waals surface area contributed by atoms with Crippen LogP contribution in [0.4, 0.5) is 0 Å². The molecule has 1 aliphatic carbocycles. The number of carbonyl (C=O) groups is 1. The van der Waals surface area contributed by atoms with Crippen LogP contribution in [0.1, 0.15) is 29.6 Å². The number of H-pyrrole nitrogens is 1. The number of benzene rings is 1. The zero-order valence-corrected chi connectivity index (χ0v) is 15.7.